The Kier molecular flexibility index (Phi) is 4.31. The third-order valence-electron chi connectivity index (χ3n) is 5.50. The Morgan fingerprint density at radius 2 is 1.96 bits per heavy atom. The van der Waals surface area contributed by atoms with Gasteiger partial charge in [0.2, 0.25) is 5.67 Å². The number of hydrogen-bond donors (Lipinski definition) is 1. The van der Waals surface area contributed by atoms with Gasteiger partial charge in [-0.2, -0.15) is 0 Å². The van der Waals surface area contributed by atoms with Crippen LogP contribution < -0.4 is 4.90 Å². The Bertz CT molecular complexity index is 978. The van der Waals surface area contributed by atoms with Crippen molar-refractivity contribution in [1.82, 2.24) is 4.90 Å². The number of halogens is 2. The SMILES string of the molecule is Cc1cc(N2C[C@@]3(F)CN(Cc4cccc(C(=O)O)c4)C[C@@]3(F)C2=O)c(C)s1. The summed E-state index contributed by atoms with van der Waals surface area (Å²) < 4.78 is 31.2. The predicted molar refractivity (Wildman–Crippen MR) is 103 cm³/mol. The van der Waals surface area contributed by atoms with E-state index in [4.69, 9.17) is 5.11 Å². The fraction of sp³-hybridized carbons (Fsp3) is 0.400. The highest BCUT2D eigenvalue weighted by molar-refractivity contribution is 7.12. The third kappa shape index (κ3) is 2.82. The zero-order valence-corrected chi connectivity index (χ0v) is 16.4. The van der Waals surface area contributed by atoms with Gasteiger partial charge in [-0.15, -0.1) is 11.3 Å². The molecule has 2 aliphatic heterocycles. The summed E-state index contributed by atoms with van der Waals surface area (Å²) in [5.74, 6) is -1.89. The van der Waals surface area contributed by atoms with Gasteiger partial charge < -0.3 is 10.0 Å². The van der Waals surface area contributed by atoms with Crippen LogP contribution in [0.15, 0.2) is 30.3 Å². The topological polar surface area (TPSA) is 60.9 Å². The number of rotatable bonds is 4. The zero-order valence-electron chi connectivity index (χ0n) is 15.5. The number of carbonyl (C=O) groups excluding carboxylic acids is 1. The van der Waals surface area contributed by atoms with Crippen LogP contribution in [0, 0.1) is 13.8 Å². The fourth-order valence-corrected chi connectivity index (χ4v) is 5.14. The van der Waals surface area contributed by atoms with Gasteiger partial charge in [-0.3, -0.25) is 9.69 Å². The van der Waals surface area contributed by atoms with E-state index in [0.29, 0.717) is 11.3 Å². The molecule has 2 aliphatic rings. The van der Waals surface area contributed by atoms with Gasteiger partial charge in [0, 0.05) is 29.4 Å². The average Bonchev–Trinajstić information content (AvgIpc) is 3.14. The molecule has 0 radical (unpaired) electrons. The number of carboxylic acid groups (broad SMARTS) is 1. The normalized spacial score (nSPS) is 27.4. The van der Waals surface area contributed by atoms with Crippen LogP contribution in [0.3, 0.4) is 0 Å². The second kappa shape index (κ2) is 6.35. The van der Waals surface area contributed by atoms with Crippen molar-refractivity contribution in [3.63, 3.8) is 0 Å². The van der Waals surface area contributed by atoms with E-state index in [1.165, 1.54) is 28.4 Å². The van der Waals surface area contributed by atoms with E-state index in [1.54, 1.807) is 23.1 Å². The quantitative estimate of drug-likeness (QED) is 0.846. The average molecular weight is 406 g/mol. The number of hydrogen-bond acceptors (Lipinski definition) is 4. The zero-order chi connectivity index (χ0) is 20.3. The Balaban J connectivity index is 1.56. The number of anilines is 1. The van der Waals surface area contributed by atoms with Crippen molar-refractivity contribution in [2.45, 2.75) is 31.7 Å². The van der Waals surface area contributed by atoms with Crippen LogP contribution in [0.1, 0.15) is 25.7 Å². The molecule has 0 saturated carbocycles. The Hall–Kier alpha value is -2.32. The summed E-state index contributed by atoms with van der Waals surface area (Å²) in [5, 5.41) is 9.10. The molecule has 3 heterocycles. The molecule has 2 fully saturated rings. The second-order valence-electron chi connectivity index (χ2n) is 7.61. The fourth-order valence-electron chi connectivity index (χ4n) is 4.21. The molecule has 148 valence electrons. The van der Waals surface area contributed by atoms with E-state index < -0.39 is 23.2 Å². The first kappa shape index (κ1) is 19.0. The minimum atomic E-state index is -2.60. The van der Waals surface area contributed by atoms with Gasteiger partial charge in [0.05, 0.1) is 17.8 Å². The Morgan fingerprint density at radius 3 is 2.57 bits per heavy atom. The minimum absolute atomic E-state index is 0.118. The maximum Gasteiger partial charge on any atom is 0.335 e. The van der Waals surface area contributed by atoms with Crippen molar-refractivity contribution in [2.24, 2.45) is 0 Å². The van der Waals surface area contributed by atoms with Crippen molar-refractivity contribution < 1.29 is 23.5 Å². The van der Waals surface area contributed by atoms with Crippen molar-refractivity contribution in [1.29, 1.82) is 0 Å². The third-order valence-corrected chi connectivity index (χ3v) is 6.46. The number of alkyl halides is 2. The van der Waals surface area contributed by atoms with E-state index in [9.17, 15) is 9.59 Å². The molecular weight excluding hydrogens is 386 g/mol. The Morgan fingerprint density at radius 1 is 1.21 bits per heavy atom. The van der Waals surface area contributed by atoms with Gasteiger partial charge in [0.1, 0.15) is 0 Å². The number of carbonyl (C=O) groups is 2. The number of benzene rings is 1. The molecule has 1 amide bonds. The maximum absolute atomic E-state index is 15.6. The van der Waals surface area contributed by atoms with Gasteiger partial charge in [-0.05, 0) is 37.6 Å². The van der Waals surface area contributed by atoms with E-state index in [2.05, 4.69) is 0 Å². The molecule has 2 saturated heterocycles. The van der Waals surface area contributed by atoms with Gasteiger partial charge in [-0.1, -0.05) is 12.1 Å². The number of thiophene rings is 1. The highest BCUT2D eigenvalue weighted by Gasteiger charge is 2.71. The first-order valence-corrected chi connectivity index (χ1v) is 9.76. The summed E-state index contributed by atoms with van der Waals surface area (Å²) in [7, 11) is 0. The van der Waals surface area contributed by atoms with Crippen molar-refractivity contribution in [3.8, 4) is 0 Å². The van der Waals surface area contributed by atoms with Gasteiger partial charge in [-0.25, -0.2) is 13.6 Å². The van der Waals surface area contributed by atoms with E-state index >= 15 is 8.78 Å². The van der Waals surface area contributed by atoms with Crippen molar-refractivity contribution in [2.75, 3.05) is 24.5 Å². The van der Waals surface area contributed by atoms with Gasteiger partial charge >= 0.3 is 5.97 Å². The minimum Gasteiger partial charge on any atom is -0.478 e. The lowest BCUT2D eigenvalue weighted by molar-refractivity contribution is -0.130. The first-order valence-electron chi connectivity index (χ1n) is 8.94. The Labute approximate surface area is 165 Å². The lowest BCUT2D eigenvalue weighted by Gasteiger charge is -2.22. The second-order valence-corrected chi connectivity index (χ2v) is 9.07. The molecule has 0 aliphatic carbocycles. The number of likely N-dealkylation sites (tertiary alicyclic amines) is 1. The molecule has 0 bridgehead atoms. The molecule has 2 aromatic rings. The lowest BCUT2D eigenvalue weighted by Crippen LogP contribution is -2.47. The van der Waals surface area contributed by atoms with Crippen LogP contribution in [0.25, 0.3) is 0 Å². The monoisotopic (exact) mass is 406 g/mol. The molecule has 8 heteroatoms. The summed E-state index contributed by atoms with van der Waals surface area (Å²) in [6.07, 6.45) is 0. The van der Waals surface area contributed by atoms with Gasteiger partial charge in [0.15, 0.2) is 5.67 Å². The van der Waals surface area contributed by atoms with Crippen LogP contribution in [-0.4, -0.2) is 52.9 Å². The predicted octanol–water partition coefficient (Wildman–Crippen LogP) is 3.34. The number of amides is 1. The molecule has 2 atom stereocenters. The highest BCUT2D eigenvalue weighted by atomic mass is 32.1. The van der Waals surface area contributed by atoms with Crippen LogP contribution in [0.4, 0.5) is 14.5 Å². The van der Waals surface area contributed by atoms with Crippen molar-refractivity contribution in [3.05, 3.63) is 51.2 Å². The summed E-state index contributed by atoms with van der Waals surface area (Å²) in [5.41, 5.74) is -3.55. The van der Waals surface area contributed by atoms with Crippen LogP contribution >= 0.6 is 11.3 Å². The van der Waals surface area contributed by atoms with Gasteiger partial charge in [0.25, 0.3) is 5.91 Å². The highest BCUT2D eigenvalue weighted by Crippen LogP contribution is 2.48. The molecule has 4 rings (SSSR count). The summed E-state index contributed by atoms with van der Waals surface area (Å²) in [6.45, 7) is 3.04. The summed E-state index contributed by atoms with van der Waals surface area (Å²) in [6, 6.07) is 8.05. The summed E-state index contributed by atoms with van der Waals surface area (Å²) >= 11 is 1.49. The molecule has 1 aromatic heterocycles. The molecule has 0 unspecified atom stereocenters. The largest absolute Gasteiger partial charge is 0.478 e. The molecule has 0 spiro atoms. The molecule has 28 heavy (non-hydrogen) atoms. The number of carboxylic acids is 1. The standard InChI is InChI=1S/C20H20F2N2O3S/c1-12-6-16(13(2)28-12)24-10-19(21)9-23(11-20(19,22)18(24)27)8-14-4-3-5-15(7-14)17(25)26/h3-7H,8-11H2,1-2H3,(H,25,26)/t19-,20+/m0/s1. The molecule has 5 nitrogen and oxygen atoms in total. The van der Waals surface area contributed by atoms with Crippen LogP contribution in [0.5, 0.6) is 0 Å². The lowest BCUT2D eigenvalue weighted by atomic mass is 9.93. The smallest absolute Gasteiger partial charge is 0.335 e. The molecule has 1 N–H and O–H groups in total. The van der Waals surface area contributed by atoms with E-state index in [1.807, 2.05) is 13.8 Å². The number of fused-ring (bicyclic) bond motifs is 1. The first-order chi connectivity index (χ1) is 13.1. The summed E-state index contributed by atoms with van der Waals surface area (Å²) in [4.78, 5) is 28.6. The van der Waals surface area contributed by atoms with Crippen LogP contribution in [0.2, 0.25) is 0 Å². The van der Waals surface area contributed by atoms with Crippen LogP contribution in [-0.2, 0) is 11.3 Å². The molecular formula is C20H20F2N2O3S. The number of aryl methyl sites for hydroxylation is 2. The number of nitrogens with zero attached hydrogens (tertiary/aromatic N) is 2. The van der Waals surface area contributed by atoms with E-state index in [0.717, 1.165) is 9.75 Å². The molecule has 1 aromatic carbocycles. The maximum atomic E-state index is 15.6. The number of aromatic carboxylic acids is 1. The van der Waals surface area contributed by atoms with E-state index in [-0.39, 0.29) is 31.7 Å². The van der Waals surface area contributed by atoms with Crippen molar-refractivity contribution >= 4 is 28.9 Å².